The molecule has 0 atom stereocenters. The zero-order valence-electron chi connectivity index (χ0n) is 11.8. The van der Waals surface area contributed by atoms with Crippen LogP contribution < -0.4 is 11.2 Å². The minimum atomic E-state index is -0.278. The Labute approximate surface area is 122 Å². The van der Waals surface area contributed by atoms with E-state index in [1.807, 2.05) is 30.3 Å². The Morgan fingerprint density at radius 2 is 1.76 bits per heavy atom. The summed E-state index contributed by atoms with van der Waals surface area (Å²) < 4.78 is 8.17. The molecule has 0 amide bonds. The zero-order chi connectivity index (χ0) is 14.7. The first kappa shape index (κ1) is 13.8. The van der Waals surface area contributed by atoms with Gasteiger partial charge in [-0.3, -0.25) is 13.9 Å². The van der Waals surface area contributed by atoms with Crippen molar-refractivity contribution >= 4 is 0 Å². The molecule has 5 nitrogen and oxygen atoms in total. The summed E-state index contributed by atoms with van der Waals surface area (Å²) in [5, 5.41) is 0. The van der Waals surface area contributed by atoms with Gasteiger partial charge in [0.05, 0.1) is 5.69 Å². The lowest BCUT2D eigenvalue weighted by Crippen LogP contribution is -2.40. The summed E-state index contributed by atoms with van der Waals surface area (Å²) in [5.41, 5.74) is 0.252. The van der Waals surface area contributed by atoms with Crippen molar-refractivity contribution in [1.29, 1.82) is 0 Å². The molecule has 2 aromatic rings. The van der Waals surface area contributed by atoms with Crippen molar-refractivity contribution in [2.45, 2.75) is 19.4 Å². The third-order valence-corrected chi connectivity index (χ3v) is 3.89. The Morgan fingerprint density at radius 3 is 2.48 bits per heavy atom. The molecule has 5 heteroatoms. The van der Waals surface area contributed by atoms with Crippen LogP contribution in [0.5, 0.6) is 0 Å². The first-order valence-corrected chi connectivity index (χ1v) is 7.21. The number of para-hydroxylation sites is 1. The van der Waals surface area contributed by atoms with Gasteiger partial charge in [-0.25, -0.2) is 4.79 Å². The van der Waals surface area contributed by atoms with Crippen LogP contribution in [0.2, 0.25) is 0 Å². The van der Waals surface area contributed by atoms with Crippen molar-refractivity contribution in [2.24, 2.45) is 5.92 Å². The van der Waals surface area contributed by atoms with Crippen molar-refractivity contribution in [3.63, 3.8) is 0 Å². The quantitative estimate of drug-likeness (QED) is 0.857. The van der Waals surface area contributed by atoms with Gasteiger partial charge in [0.2, 0.25) is 0 Å². The predicted molar refractivity (Wildman–Crippen MR) is 79.8 cm³/mol. The predicted octanol–water partition coefficient (Wildman–Crippen LogP) is 1.43. The van der Waals surface area contributed by atoms with E-state index in [0.717, 1.165) is 18.5 Å². The maximum Gasteiger partial charge on any atom is 0.335 e. The topological polar surface area (TPSA) is 53.2 Å². The van der Waals surface area contributed by atoms with Crippen molar-refractivity contribution in [3.8, 4) is 5.69 Å². The maximum atomic E-state index is 12.6. The highest BCUT2D eigenvalue weighted by Crippen LogP contribution is 2.15. The van der Waals surface area contributed by atoms with Crippen LogP contribution in [0.4, 0.5) is 0 Å². The summed E-state index contributed by atoms with van der Waals surface area (Å²) in [4.78, 5) is 24.6. The van der Waals surface area contributed by atoms with Gasteiger partial charge < -0.3 is 4.74 Å². The first-order chi connectivity index (χ1) is 10.3. The van der Waals surface area contributed by atoms with Gasteiger partial charge in [-0.2, -0.15) is 0 Å². The fourth-order valence-electron chi connectivity index (χ4n) is 2.66. The van der Waals surface area contributed by atoms with E-state index in [-0.39, 0.29) is 11.2 Å². The summed E-state index contributed by atoms with van der Waals surface area (Å²) in [7, 11) is 0. The van der Waals surface area contributed by atoms with E-state index in [4.69, 9.17) is 4.74 Å². The van der Waals surface area contributed by atoms with Gasteiger partial charge in [-0.05, 0) is 30.9 Å². The normalized spacial score (nSPS) is 16.0. The largest absolute Gasteiger partial charge is 0.381 e. The van der Waals surface area contributed by atoms with Crippen LogP contribution in [0.15, 0.2) is 52.2 Å². The van der Waals surface area contributed by atoms with Gasteiger partial charge in [0.15, 0.2) is 0 Å². The number of hydrogen-bond acceptors (Lipinski definition) is 3. The lowest BCUT2D eigenvalue weighted by Gasteiger charge is -2.22. The number of benzene rings is 1. The Kier molecular flexibility index (Phi) is 4.01. The van der Waals surface area contributed by atoms with Crippen LogP contribution >= 0.6 is 0 Å². The Hall–Kier alpha value is -2.14. The van der Waals surface area contributed by atoms with E-state index in [1.54, 1.807) is 6.20 Å². The molecule has 1 aromatic carbocycles. The molecule has 1 aromatic heterocycles. The third-order valence-electron chi connectivity index (χ3n) is 3.89. The molecule has 0 radical (unpaired) electrons. The molecular formula is C16H18N2O3. The molecule has 3 rings (SSSR count). The van der Waals surface area contributed by atoms with Crippen LogP contribution in [-0.2, 0) is 11.3 Å². The van der Waals surface area contributed by atoms with Gasteiger partial charge in [0.1, 0.15) is 0 Å². The second kappa shape index (κ2) is 6.10. The van der Waals surface area contributed by atoms with Gasteiger partial charge in [-0.1, -0.05) is 18.2 Å². The molecule has 1 aliphatic rings. The Balaban J connectivity index is 1.97. The van der Waals surface area contributed by atoms with E-state index in [1.165, 1.54) is 15.2 Å². The molecule has 21 heavy (non-hydrogen) atoms. The summed E-state index contributed by atoms with van der Waals surface area (Å²) in [5.74, 6) is 0.329. The summed E-state index contributed by atoms with van der Waals surface area (Å²) >= 11 is 0. The molecule has 0 unspecified atom stereocenters. The van der Waals surface area contributed by atoms with Crippen molar-refractivity contribution in [2.75, 3.05) is 13.2 Å². The standard InChI is InChI=1S/C16H18N2O3/c19-15-6-9-17(14-4-2-1-3-5-14)16(20)18(15)12-13-7-10-21-11-8-13/h1-6,9,13H,7-8,10-12H2. The molecule has 0 aliphatic carbocycles. The highest BCUT2D eigenvalue weighted by Gasteiger charge is 2.17. The minimum absolute atomic E-state index is 0.237. The fraction of sp³-hybridized carbons (Fsp3) is 0.375. The Bertz CT molecular complexity index is 712. The van der Waals surface area contributed by atoms with E-state index in [9.17, 15) is 9.59 Å². The molecule has 2 heterocycles. The second-order valence-electron chi connectivity index (χ2n) is 5.31. The molecule has 0 saturated carbocycles. The Morgan fingerprint density at radius 1 is 1.05 bits per heavy atom. The van der Waals surface area contributed by atoms with Gasteiger partial charge in [0, 0.05) is 32.0 Å². The SMILES string of the molecule is O=c1ccn(-c2ccccc2)c(=O)n1CC1CCOCC1. The monoisotopic (exact) mass is 286 g/mol. The van der Waals surface area contributed by atoms with E-state index in [0.29, 0.717) is 25.7 Å². The number of hydrogen-bond donors (Lipinski definition) is 0. The molecule has 110 valence electrons. The third kappa shape index (κ3) is 2.97. The van der Waals surface area contributed by atoms with Crippen LogP contribution in [0, 0.1) is 5.92 Å². The van der Waals surface area contributed by atoms with Crippen molar-refractivity contribution in [1.82, 2.24) is 9.13 Å². The second-order valence-corrected chi connectivity index (χ2v) is 5.31. The van der Waals surface area contributed by atoms with E-state index >= 15 is 0 Å². The highest BCUT2D eigenvalue weighted by atomic mass is 16.5. The lowest BCUT2D eigenvalue weighted by atomic mass is 10.0. The minimum Gasteiger partial charge on any atom is -0.381 e. The molecule has 0 bridgehead atoms. The molecule has 1 aliphatic heterocycles. The first-order valence-electron chi connectivity index (χ1n) is 7.21. The van der Waals surface area contributed by atoms with Gasteiger partial charge in [-0.15, -0.1) is 0 Å². The lowest BCUT2D eigenvalue weighted by molar-refractivity contribution is 0.0604. The number of nitrogens with zero attached hydrogens (tertiary/aromatic N) is 2. The maximum absolute atomic E-state index is 12.6. The van der Waals surface area contributed by atoms with Crippen molar-refractivity contribution in [3.05, 3.63) is 63.4 Å². The smallest absolute Gasteiger partial charge is 0.335 e. The van der Waals surface area contributed by atoms with E-state index in [2.05, 4.69) is 0 Å². The fourth-order valence-corrected chi connectivity index (χ4v) is 2.66. The average Bonchev–Trinajstić information content (AvgIpc) is 2.53. The van der Waals surface area contributed by atoms with Crippen molar-refractivity contribution < 1.29 is 4.74 Å². The number of ether oxygens (including phenoxy) is 1. The van der Waals surface area contributed by atoms with Crippen LogP contribution in [-0.4, -0.2) is 22.3 Å². The van der Waals surface area contributed by atoms with Gasteiger partial charge in [0.25, 0.3) is 5.56 Å². The summed E-state index contributed by atoms with van der Waals surface area (Å²) in [6.07, 6.45) is 3.33. The number of rotatable bonds is 3. The molecular weight excluding hydrogens is 268 g/mol. The zero-order valence-corrected chi connectivity index (χ0v) is 11.8. The van der Waals surface area contributed by atoms with Crippen LogP contribution in [0.1, 0.15) is 12.8 Å². The molecule has 1 saturated heterocycles. The summed E-state index contributed by atoms with van der Waals surface area (Å²) in [6.45, 7) is 1.88. The number of aromatic nitrogens is 2. The van der Waals surface area contributed by atoms with Crippen LogP contribution in [0.3, 0.4) is 0 Å². The van der Waals surface area contributed by atoms with E-state index < -0.39 is 0 Å². The molecule has 1 fully saturated rings. The van der Waals surface area contributed by atoms with Gasteiger partial charge >= 0.3 is 5.69 Å². The van der Waals surface area contributed by atoms with Crippen LogP contribution in [0.25, 0.3) is 5.69 Å². The average molecular weight is 286 g/mol. The molecule has 0 N–H and O–H groups in total. The highest BCUT2D eigenvalue weighted by molar-refractivity contribution is 5.30. The summed E-state index contributed by atoms with van der Waals surface area (Å²) in [6, 6.07) is 10.8. The molecule has 0 spiro atoms.